The topological polar surface area (TPSA) is 76.0 Å². The monoisotopic (exact) mass is 556 g/mol. The molecule has 0 radical (unpaired) electrons. The van der Waals surface area contributed by atoms with Gasteiger partial charge in [-0.2, -0.15) is 0 Å². The second kappa shape index (κ2) is 15.1. The number of hydrogen-bond acceptors (Lipinski definition) is 5. The molecule has 0 saturated heterocycles. The Kier molecular flexibility index (Phi) is 11.3. The number of hydrogen-bond donors (Lipinski definition) is 2. The van der Waals surface area contributed by atoms with Crippen molar-refractivity contribution >= 4 is 5.97 Å². The molecular weight excluding hydrogens is 512 g/mol. The molecule has 5 nitrogen and oxygen atoms in total. The Morgan fingerprint density at radius 2 is 1.41 bits per heavy atom. The third-order valence-corrected chi connectivity index (χ3v) is 8.18. The highest BCUT2D eigenvalue weighted by atomic mass is 16.5. The maximum absolute atomic E-state index is 11.7. The lowest BCUT2D eigenvalue weighted by Crippen LogP contribution is -2.34. The molecule has 1 aliphatic carbocycles. The minimum absolute atomic E-state index is 0.185. The molecule has 41 heavy (non-hydrogen) atoms. The van der Waals surface area contributed by atoms with Gasteiger partial charge in [-0.15, -0.1) is 0 Å². The summed E-state index contributed by atoms with van der Waals surface area (Å²) >= 11 is 0. The smallest absolute Gasteiger partial charge is 0.303 e. The quantitative estimate of drug-likeness (QED) is 0.0987. The number of carbonyl (C=O) groups excluding carboxylic acids is 1. The van der Waals surface area contributed by atoms with Crippen LogP contribution in [-0.4, -0.2) is 41.1 Å². The van der Waals surface area contributed by atoms with E-state index in [1.165, 1.54) is 6.92 Å². The molecule has 4 rings (SSSR count). The number of aliphatic hydroxyl groups excluding tert-OH is 2. The van der Waals surface area contributed by atoms with Crippen LogP contribution in [-0.2, 0) is 19.9 Å². The Morgan fingerprint density at radius 1 is 0.878 bits per heavy atom. The molecule has 0 aliphatic heterocycles. The van der Waals surface area contributed by atoms with Gasteiger partial charge >= 0.3 is 5.97 Å². The average molecular weight is 557 g/mol. The molecule has 0 bridgehead atoms. The van der Waals surface area contributed by atoms with Crippen LogP contribution in [0.15, 0.2) is 103 Å². The van der Waals surface area contributed by atoms with Gasteiger partial charge in [-0.25, -0.2) is 0 Å². The van der Waals surface area contributed by atoms with Gasteiger partial charge in [0.2, 0.25) is 0 Å². The standard InChI is InChI=1S/C36H44O5/c1-3-4-8-21-31(41-27(2)37)22-23-32-33(35(39)26-34(32)38)24-25-40-36(28-15-9-5-10-16-28,29-17-11-6-12-18-29)30-19-13-7-14-20-30/h5-7,9-20,22-23,31-35,38-39H,3-4,8,21,24-26H2,1-2H3/b23-22+/t31-,32-,33-,34+,35-/m1/s1. The lowest BCUT2D eigenvalue weighted by atomic mass is 9.80. The van der Waals surface area contributed by atoms with Gasteiger partial charge in [0.25, 0.3) is 0 Å². The summed E-state index contributed by atoms with van der Waals surface area (Å²) in [6.07, 6.45) is 6.96. The van der Waals surface area contributed by atoms with E-state index in [0.717, 1.165) is 42.4 Å². The van der Waals surface area contributed by atoms with Crippen molar-refractivity contribution in [2.45, 2.75) is 76.3 Å². The molecule has 0 amide bonds. The SMILES string of the molecule is CCCCC[C@H](/C=C/[C@@H]1[C@@H](CCOC(c2ccccc2)(c2ccccc2)c2ccccc2)[C@H](O)C[C@@H]1O)OC(C)=O. The lowest BCUT2D eigenvalue weighted by molar-refractivity contribution is -0.144. The number of ether oxygens (including phenoxy) is 2. The summed E-state index contributed by atoms with van der Waals surface area (Å²) in [5, 5.41) is 21.8. The van der Waals surface area contributed by atoms with Gasteiger partial charge in [0, 0.05) is 25.9 Å². The molecule has 5 heteroatoms. The molecule has 0 unspecified atom stereocenters. The maximum atomic E-state index is 11.7. The average Bonchev–Trinajstić information content (AvgIpc) is 3.26. The Bertz CT molecular complexity index is 1110. The van der Waals surface area contributed by atoms with Gasteiger partial charge in [0.1, 0.15) is 11.7 Å². The van der Waals surface area contributed by atoms with E-state index >= 15 is 0 Å². The molecule has 1 saturated carbocycles. The molecular formula is C36H44O5. The zero-order valence-electron chi connectivity index (χ0n) is 24.3. The highest BCUT2D eigenvalue weighted by Gasteiger charge is 2.42. The molecule has 2 N–H and O–H groups in total. The van der Waals surface area contributed by atoms with Crippen molar-refractivity contribution in [1.29, 1.82) is 0 Å². The fourth-order valence-electron chi connectivity index (χ4n) is 6.15. The van der Waals surface area contributed by atoms with Gasteiger partial charge in [0.15, 0.2) is 0 Å². The van der Waals surface area contributed by atoms with Crippen LogP contribution < -0.4 is 0 Å². The molecule has 3 aromatic carbocycles. The zero-order chi connectivity index (χ0) is 29.1. The minimum Gasteiger partial charge on any atom is -0.458 e. The van der Waals surface area contributed by atoms with Crippen molar-refractivity contribution in [1.82, 2.24) is 0 Å². The minimum atomic E-state index is -0.836. The van der Waals surface area contributed by atoms with E-state index in [-0.39, 0.29) is 23.9 Å². The fourth-order valence-corrected chi connectivity index (χ4v) is 6.15. The molecule has 0 aromatic heterocycles. The van der Waals surface area contributed by atoms with E-state index < -0.39 is 17.8 Å². The van der Waals surface area contributed by atoms with Crippen LogP contribution in [0.5, 0.6) is 0 Å². The predicted octanol–water partition coefficient (Wildman–Crippen LogP) is 6.81. The van der Waals surface area contributed by atoms with Crippen LogP contribution in [0.25, 0.3) is 0 Å². The second-order valence-corrected chi connectivity index (χ2v) is 11.1. The summed E-state index contributed by atoms with van der Waals surface area (Å²) in [6, 6.07) is 30.7. The van der Waals surface area contributed by atoms with Crippen molar-refractivity contribution in [2.24, 2.45) is 11.8 Å². The summed E-state index contributed by atoms with van der Waals surface area (Å²) in [4.78, 5) is 11.7. The molecule has 0 spiro atoms. The van der Waals surface area contributed by atoms with Crippen LogP contribution in [0.3, 0.4) is 0 Å². The first kappa shape index (κ1) is 30.7. The summed E-state index contributed by atoms with van der Waals surface area (Å²) < 4.78 is 12.5. The number of unbranched alkanes of at least 4 members (excludes halogenated alkanes) is 2. The van der Waals surface area contributed by atoms with Crippen molar-refractivity contribution in [3.05, 3.63) is 120 Å². The first-order valence-electron chi connectivity index (χ1n) is 15.0. The fraction of sp³-hybridized carbons (Fsp3) is 0.417. The summed E-state index contributed by atoms with van der Waals surface area (Å²) in [5.41, 5.74) is 2.24. The zero-order valence-corrected chi connectivity index (χ0v) is 24.3. The van der Waals surface area contributed by atoms with Crippen LogP contribution >= 0.6 is 0 Å². The van der Waals surface area contributed by atoms with Crippen molar-refractivity contribution in [2.75, 3.05) is 6.61 Å². The van der Waals surface area contributed by atoms with Gasteiger partial charge in [0.05, 0.1) is 12.2 Å². The first-order valence-corrected chi connectivity index (χ1v) is 15.0. The largest absolute Gasteiger partial charge is 0.458 e. The van der Waals surface area contributed by atoms with Gasteiger partial charge in [-0.3, -0.25) is 4.79 Å². The highest BCUT2D eigenvalue weighted by molar-refractivity contribution is 5.66. The van der Waals surface area contributed by atoms with Crippen LogP contribution in [0.1, 0.15) is 69.1 Å². The van der Waals surface area contributed by atoms with E-state index in [9.17, 15) is 15.0 Å². The predicted molar refractivity (Wildman–Crippen MR) is 162 cm³/mol. The molecule has 218 valence electrons. The van der Waals surface area contributed by atoms with Crippen molar-refractivity contribution in [3.8, 4) is 0 Å². The van der Waals surface area contributed by atoms with E-state index in [2.05, 4.69) is 43.3 Å². The van der Waals surface area contributed by atoms with Crippen LogP contribution in [0.2, 0.25) is 0 Å². The van der Waals surface area contributed by atoms with E-state index in [1.807, 2.05) is 66.7 Å². The number of carbonyl (C=O) groups is 1. The molecule has 1 aliphatic rings. The van der Waals surface area contributed by atoms with E-state index in [4.69, 9.17) is 9.47 Å². The second-order valence-electron chi connectivity index (χ2n) is 11.1. The summed E-state index contributed by atoms with van der Waals surface area (Å²) in [7, 11) is 0. The van der Waals surface area contributed by atoms with E-state index in [0.29, 0.717) is 19.4 Å². The van der Waals surface area contributed by atoms with Crippen molar-refractivity contribution < 1.29 is 24.5 Å². The normalized spacial score (nSPS) is 21.7. The Hall–Kier alpha value is -3.25. The Balaban J connectivity index is 1.58. The molecule has 5 atom stereocenters. The van der Waals surface area contributed by atoms with Crippen LogP contribution in [0, 0.1) is 11.8 Å². The highest BCUT2D eigenvalue weighted by Crippen LogP contribution is 2.42. The number of esters is 1. The maximum Gasteiger partial charge on any atom is 0.303 e. The summed E-state index contributed by atoms with van der Waals surface area (Å²) in [6.45, 7) is 3.94. The third-order valence-electron chi connectivity index (χ3n) is 8.18. The number of rotatable bonds is 14. The lowest BCUT2D eigenvalue weighted by Gasteiger charge is -2.36. The summed E-state index contributed by atoms with van der Waals surface area (Å²) in [5.74, 6) is -0.750. The van der Waals surface area contributed by atoms with Gasteiger partial charge in [-0.1, -0.05) is 117 Å². The van der Waals surface area contributed by atoms with E-state index in [1.54, 1.807) is 0 Å². The molecule has 1 fully saturated rings. The Labute approximate surface area is 244 Å². The molecule has 0 heterocycles. The first-order chi connectivity index (χ1) is 20.0. The molecule has 3 aromatic rings. The number of benzene rings is 3. The number of aliphatic hydroxyl groups is 2. The van der Waals surface area contributed by atoms with Gasteiger partial charge in [-0.05, 0) is 47.9 Å². The third kappa shape index (κ3) is 7.73. The van der Waals surface area contributed by atoms with Crippen LogP contribution in [0.4, 0.5) is 0 Å². The Morgan fingerprint density at radius 3 is 1.90 bits per heavy atom. The van der Waals surface area contributed by atoms with Crippen molar-refractivity contribution in [3.63, 3.8) is 0 Å². The van der Waals surface area contributed by atoms with Gasteiger partial charge < -0.3 is 19.7 Å².